The molecule has 2 aliphatic rings. The molecule has 1 aliphatic heterocycles. The molecule has 2 unspecified atom stereocenters. The molecule has 0 amide bonds. The third kappa shape index (κ3) is 3.48. The third-order valence-corrected chi connectivity index (χ3v) is 5.35. The van der Waals surface area contributed by atoms with Gasteiger partial charge >= 0.3 is 5.97 Å². The Morgan fingerprint density at radius 1 is 1.12 bits per heavy atom. The fourth-order valence-corrected chi connectivity index (χ4v) is 4.23. The average molecular weight is 334 g/mol. The summed E-state index contributed by atoms with van der Waals surface area (Å²) in [4.78, 5) is 12.2. The maximum absolute atomic E-state index is 12.2. The molecule has 2 fully saturated rings. The highest BCUT2D eigenvalue weighted by molar-refractivity contribution is 5.69. The summed E-state index contributed by atoms with van der Waals surface area (Å²) in [5, 5.41) is 0. The minimum absolute atomic E-state index is 0.134. The zero-order chi connectivity index (χ0) is 17.0. The van der Waals surface area contributed by atoms with E-state index in [0.29, 0.717) is 32.2 Å². The number of hydrogen-bond donors (Lipinski definition) is 0. The molecule has 0 radical (unpaired) electrons. The maximum atomic E-state index is 12.2. The second-order valence-corrected chi connectivity index (χ2v) is 6.75. The Morgan fingerprint density at radius 3 is 2.33 bits per heavy atom. The Bertz CT molecular complexity index is 524. The van der Waals surface area contributed by atoms with Crippen LogP contribution in [0.3, 0.4) is 0 Å². The Morgan fingerprint density at radius 2 is 1.75 bits per heavy atom. The first kappa shape index (κ1) is 17.4. The summed E-state index contributed by atoms with van der Waals surface area (Å²) in [7, 11) is 3.40. The van der Waals surface area contributed by atoms with E-state index in [4.69, 9.17) is 18.9 Å². The van der Waals surface area contributed by atoms with Crippen molar-refractivity contribution in [2.24, 2.45) is 17.8 Å². The second-order valence-electron chi connectivity index (χ2n) is 6.75. The van der Waals surface area contributed by atoms with Crippen molar-refractivity contribution in [1.29, 1.82) is 0 Å². The lowest BCUT2D eigenvalue weighted by Gasteiger charge is -2.52. The normalized spacial score (nSPS) is 28.3. The number of hydrogen-bond acceptors (Lipinski definition) is 5. The van der Waals surface area contributed by atoms with Crippen LogP contribution < -0.4 is 0 Å². The van der Waals surface area contributed by atoms with E-state index in [1.165, 1.54) is 0 Å². The Balaban J connectivity index is 1.54. The zero-order valence-electron chi connectivity index (χ0n) is 14.4. The van der Waals surface area contributed by atoms with E-state index in [2.05, 4.69) is 0 Å². The first-order chi connectivity index (χ1) is 11.7. The number of rotatable bonds is 6. The van der Waals surface area contributed by atoms with E-state index in [0.717, 1.165) is 18.4 Å². The lowest BCUT2D eigenvalue weighted by molar-refractivity contribution is -0.323. The van der Waals surface area contributed by atoms with Crippen molar-refractivity contribution in [2.45, 2.75) is 31.7 Å². The van der Waals surface area contributed by atoms with E-state index in [9.17, 15) is 4.79 Å². The molecule has 1 aromatic carbocycles. The molecule has 1 saturated carbocycles. The number of carbonyl (C=O) groups is 1. The second kappa shape index (κ2) is 7.64. The fraction of sp³-hybridized carbons (Fsp3) is 0.632. The van der Waals surface area contributed by atoms with Gasteiger partial charge in [-0.05, 0) is 24.3 Å². The first-order valence-electron chi connectivity index (χ1n) is 8.55. The SMILES string of the molecule is COC1(OC)C2COCC1CC(CC(=O)OCc1ccccc1)C2. The van der Waals surface area contributed by atoms with Crippen LogP contribution in [0.1, 0.15) is 24.8 Å². The number of carbonyl (C=O) groups excluding carboxylic acids is 1. The van der Waals surface area contributed by atoms with Gasteiger partial charge in [0.2, 0.25) is 0 Å². The van der Waals surface area contributed by atoms with E-state index in [1.54, 1.807) is 14.2 Å². The summed E-state index contributed by atoms with van der Waals surface area (Å²) >= 11 is 0. The van der Waals surface area contributed by atoms with Gasteiger partial charge in [-0.3, -0.25) is 4.79 Å². The number of methoxy groups -OCH3 is 2. The van der Waals surface area contributed by atoms with Crippen molar-refractivity contribution in [2.75, 3.05) is 27.4 Å². The van der Waals surface area contributed by atoms with Crippen LogP contribution in [-0.2, 0) is 30.3 Å². The van der Waals surface area contributed by atoms with Crippen LogP contribution in [0.15, 0.2) is 30.3 Å². The van der Waals surface area contributed by atoms with Crippen LogP contribution in [0.2, 0.25) is 0 Å². The van der Waals surface area contributed by atoms with Gasteiger partial charge in [-0.25, -0.2) is 0 Å². The van der Waals surface area contributed by atoms with Gasteiger partial charge in [-0.15, -0.1) is 0 Å². The monoisotopic (exact) mass is 334 g/mol. The molecule has 24 heavy (non-hydrogen) atoms. The van der Waals surface area contributed by atoms with Gasteiger partial charge in [0.1, 0.15) is 6.61 Å². The minimum atomic E-state index is -0.567. The Kier molecular flexibility index (Phi) is 5.54. The standard InChI is InChI=1S/C19H26O5/c1-21-19(22-2)16-8-15(9-17(19)13-23-12-16)10-18(20)24-11-14-6-4-3-5-7-14/h3-7,15-17H,8-13H2,1-2H3. The first-order valence-corrected chi connectivity index (χ1v) is 8.55. The van der Waals surface area contributed by atoms with E-state index in [-0.39, 0.29) is 17.8 Å². The highest BCUT2D eigenvalue weighted by Crippen LogP contribution is 2.47. The molecule has 2 atom stereocenters. The van der Waals surface area contributed by atoms with E-state index >= 15 is 0 Å². The van der Waals surface area contributed by atoms with Crippen LogP contribution in [0.25, 0.3) is 0 Å². The Hall–Kier alpha value is -1.43. The van der Waals surface area contributed by atoms with Gasteiger partial charge in [0.25, 0.3) is 0 Å². The molecular weight excluding hydrogens is 308 g/mol. The van der Waals surface area contributed by atoms with Crippen molar-refractivity contribution in [1.82, 2.24) is 0 Å². The highest BCUT2D eigenvalue weighted by atomic mass is 16.7. The molecule has 0 spiro atoms. The summed E-state index contributed by atoms with van der Waals surface area (Å²) in [6.45, 7) is 1.57. The highest BCUT2D eigenvalue weighted by Gasteiger charge is 2.54. The van der Waals surface area contributed by atoms with Crippen LogP contribution >= 0.6 is 0 Å². The molecule has 5 heteroatoms. The van der Waals surface area contributed by atoms with Gasteiger partial charge in [-0.1, -0.05) is 30.3 Å². The molecule has 1 heterocycles. The lowest BCUT2D eigenvalue weighted by Crippen LogP contribution is -2.59. The van der Waals surface area contributed by atoms with Crippen molar-refractivity contribution in [3.05, 3.63) is 35.9 Å². The zero-order valence-corrected chi connectivity index (χ0v) is 14.4. The van der Waals surface area contributed by atoms with Crippen LogP contribution in [0.4, 0.5) is 0 Å². The van der Waals surface area contributed by atoms with Gasteiger partial charge in [0, 0.05) is 32.5 Å². The molecule has 0 N–H and O–H groups in total. The molecule has 1 saturated heterocycles. The maximum Gasteiger partial charge on any atom is 0.306 e. The van der Waals surface area contributed by atoms with Gasteiger partial charge in [0.15, 0.2) is 5.79 Å². The molecule has 2 bridgehead atoms. The Labute approximate surface area is 143 Å². The average Bonchev–Trinajstić information content (AvgIpc) is 2.60. The molecule has 5 nitrogen and oxygen atoms in total. The summed E-state index contributed by atoms with van der Waals surface area (Å²) in [5.74, 6) is -0.0856. The smallest absolute Gasteiger partial charge is 0.306 e. The number of esters is 1. The summed E-state index contributed by atoms with van der Waals surface area (Å²) in [6.07, 6.45) is 2.17. The quantitative estimate of drug-likeness (QED) is 0.591. The molecular formula is C19H26O5. The fourth-order valence-electron chi connectivity index (χ4n) is 4.23. The predicted molar refractivity (Wildman–Crippen MR) is 88.1 cm³/mol. The largest absolute Gasteiger partial charge is 0.461 e. The van der Waals surface area contributed by atoms with Crippen molar-refractivity contribution in [3.8, 4) is 0 Å². The van der Waals surface area contributed by atoms with Crippen molar-refractivity contribution in [3.63, 3.8) is 0 Å². The summed E-state index contributed by atoms with van der Waals surface area (Å²) < 4.78 is 22.6. The summed E-state index contributed by atoms with van der Waals surface area (Å²) in [5.41, 5.74) is 1.01. The predicted octanol–water partition coefficient (Wildman–Crippen LogP) is 2.78. The van der Waals surface area contributed by atoms with Gasteiger partial charge in [0.05, 0.1) is 13.2 Å². The number of benzene rings is 1. The lowest BCUT2D eigenvalue weighted by atomic mass is 9.68. The van der Waals surface area contributed by atoms with Crippen LogP contribution in [0.5, 0.6) is 0 Å². The summed E-state index contributed by atoms with van der Waals surface area (Å²) in [6, 6.07) is 9.76. The molecule has 0 aromatic heterocycles. The van der Waals surface area contributed by atoms with E-state index in [1.807, 2.05) is 30.3 Å². The van der Waals surface area contributed by atoms with Crippen LogP contribution in [-0.4, -0.2) is 39.2 Å². The number of fused-ring (bicyclic) bond motifs is 2. The molecule has 132 valence electrons. The van der Waals surface area contributed by atoms with Gasteiger partial charge < -0.3 is 18.9 Å². The van der Waals surface area contributed by atoms with Crippen molar-refractivity contribution >= 4 is 5.97 Å². The number of ether oxygens (including phenoxy) is 4. The molecule has 3 rings (SSSR count). The van der Waals surface area contributed by atoms with Crippen molar-refractivity contribution < 1.29 is 23.7 Å². The van der Waals surface area contributed by atoms with E-state index < -0.39 is 5.79 Å². The minimum Gasteiger partial charge on any atom is -0.461 e. The topological polar surface area (TPSA) is 54.0 Å². The van der Waals surface area contributed by atoms with Crippen LogP contribution in [0, 0.1) is 17.8 Å². The molecule has 1 aliphatic carbocycles. The third-order valence-electron chi connectivity index (χ3n) is 5.35. The molecule has 1 aromatic rings. The van der Waals surface area contributed by atoms with Gasteiger partial charge in [-0.2, -0.15) is 0 Å².